The van der Waals surface area contributed by atoms with Crippen molar-refractivity contribution in [2.75, 3.05) is 47.6 Å². The van der Waals surface area contributed by atoms with E-state index in [-0.39, 0.29) is 60.1 Å². The van der Waals surface area contributed by atoms with Gasteiger partial charge in [-0.25, -0.2) is 9.59 Å². The quantitative estimate of drug-likeness (QED) is 0.0417. The van der Waals surface area contributed by atoms with Crippen molar-refractivity contribution in [2.24, 2.45) is 17.4 Å². The molecular formula is C48H56ClN9O12. The highest BCUT2D eigenvalue weighted by Gasteiger charge is 2.48. The summed E-state index contributed by atoms with van der Waals surface area (Å²) in [5, 5.41) is 56.9. The Bertz CT molecular complexity index is 2750. The molecule has 4 aromatic carbocycles. The number of aliphatic hydroxyl groups excluding tert-OH is 3. The average molecular weight is 986 g/mol. The normalized spacial score (nSPS) is 20.7. The predicted molar refractivity (Wildman–Crippen MR) is 260 cm³/mol. The first-order chi connectivity index (χ1) is 33.5. The van der Waals surface area contributed by atoms with Crippen LogP contribution in [0, 0.1) is 5.92 Å². The first-order valence-electron chi connectivity index (χ1n) is 22.6. The first-order valence-corrected chi connectivity index (χ1v) is 23.2. The Kier molecular flexibility index (Phi) is 16.2. The second-order valence-electron chi connectivity index (χ2n) is 17.4. The second-order valence-corrected chi connectivity index (χ2v) is 17.7. The van der Waals surface area contributed by atoms with Gasteiger partial charge in [0, 0.05) is 77.3 Å². The highest BCUT2D eigenvalue weighted by Crippen LogP contribution is 2.46. The monoisotopic (exact) mass is 985 g/mol. The van der Waals surface area contributed by atoms with Crippen molar-refractivity contribution in [3.63, 3.8) is 0 Å². The molecule has 0 radical (unpaired) electrons. The number of aliphatic hydroxyl groups is 3. The molecule has 22 heteroatoms. The summed E-state index contributed by atoms with van der Waals surface area (Å²) >= 11 is 6.50. The average Bonchev–Trinajstić information content (AvgIpc) is 3.94. The number of rotatable bonds is 19. The van der Waals surface area contributed by atoms with Crippen LogP contribution in [0.3, 0.4) is 0 Å². The molecule has 14 N–H and O–H groups in total. The summed E-state index contributed by atoms with van der Waals surface area (Å²) in [7, 11) is 0. The van der Waals surface area contributed by atoms with Gasteiger partial charge in [0.2, 0.25) is 18.1 Å². The molecule has 3 heterocycles. The fraction of sp³-hybridized carbons (Fsp3) is 0.375. The molecule has 5 aromatic rings. The van der Waals surface area contributed by atoms with E-state index in [1.165, 1.54) is 17.0 Å². The van der Waals surface area contributed by atoms with Crippen molar-refractivity contribution in [2.45, 2.75) is 75.4 Å². The van der Waals surface area contributed by atoms with Crippen LogP contribution in [0.25, 0.3) is 21.7 Å². The Balaban J connectivity index is 1.04. The number of anilines is 3. The maximum atomic E-state index is 14.4. The molecule has 7 rings (SSSR count). The lowest BCUT2D eigenvalue weighted by atomic mass is 9.95. The summed E-state index contributed by atoms with van der Waals surface area (Å²) in [5.41, 5.74) is 13.9. The topological polar surface area (TPSA) is 333 Å². The standard InChI is InChI=1S/C48H56ClN9O12/c1-23(2)37(52-17-15-50)44(64)57-32(8-5-16-53-48(51)68)43(63)54-27-11-9-24(10-12-27)42(62)55-28-13-14-31-25(18-28)19-33(56-31)45(65)58-22-26(21-49)36-30-7-4-3-6-29(30)35(20-34(36)58)69-47-40(61)38(59)39(60)41(70-47)46(66)67/h3-4,6-7,9-14,18-20,23,26,32,37-41,47,52,56,59-61H,5,8,15-17,21-22,50H2,1-2H3,(H,54,63)(H,55,62)(H,57,64)(H,66,67)(H3,51,53,68)/t26-,32+,37+,38+,39+,40-,41+,47?/m1/s1. The summed E-state index contributed by atoms with van der Waals surface area (Å²) in [6.45, 7) is 4.84. The lowest BCUT2D eigenvalue weighted by Crippen LogP contribution is -2.61. The highest BCUT2D eigenvalue weighted by atomic mass is 35.5. The zero-order chi connectivity index (χ0) is 50.4. The van der Waals surface area contributed by atoms with Crippen LogP contribution in [0.5, 0.6) is 5.75 Å². The van der Waals surface area contributed by atoms with Crippen molar-refractivity contribution < 1.29 is 58.7 Å². The van der Waals surface area contributed by atoms with Crippen LogP contribution in [-0.4, -0.2) is 136 Å². The molecule has 8 atom stereocenters. The van der Waals surface area contributed by atoms with Crippen molar-refractivity contribution in [3.8, 4) is 5.75 Å². The molecule has 1 aromatic heterocycles. The minimum absolute atomic E-state index is 0.0998. The van der Waals surface area contributed by atoms with Crippen LogP contribution in [0.4, 0.5) is 21.9 Å². The van der Waals surface area contributed by atoms with Crippen LogP contribution >= 0.6 is 11.6 Å². The Morgan fingerprint density at radius 3 is 2.27 bits per heavy atom. The molecule has 1 fully saturated rings. The van der Waals surface area contributed by atoms with E-state index in [9.17, 15) is 49.2 Å². The SMILES string of the molecule is CC(C)[C@H](NCCN)C(=O)N[C@@H](CCCNC(N)=O)C(=O)Nc1ccc(C(=O)Nc2ccc3[nH]c(C(=O)N4C[C@@H](CCl)c5c4cc(OC4O[C@H](C(=O)O)[C@@H](O)[C@H](O)[C@H]4O)c4ccccc54)cc3c2)cc1. The van der Waals surface area contributed by atoms with Gasteiger partial charge in [0.25, 0.3) is 11.8 Å². The summed E-state index contributed by atoms with van der Waals surface area (Å²) in [4.78, 5) is 82.3. The highest BCUT2D eigenvalue weighted by molar-refractivity contribution is 6.19. The van der Waals surface area contributed by atoms with Gasteiger partial charge in [0.1, 0.15) is 35.8 Å². The lowest BCUT2D eigenvalue weighted by Gasteiger charge is -2.38. The number of nitrogens with two attached hydrogens (primary N) is 2. The Hall–Kier alpha value is -6.85. The smallest absolute Gasteiger partial charge is 0.335 e. The van der Waals surface area contributed by atoms with Gasteiger partial charge >= 0.3 is 12.0 Å². The van der Waals surface area contributed by atoms with Gasteiger partial charge in [-0.1, -0.05) is 38.1 Å². The summed E-state index contributed by atoms with van der Waals surface area (Å²) < 4.78 is 11.5. The maximum absolute atomic E-state index is 14.4. The number of fused-ring (bicyclic) bond motifs is 4. The number of aliphatic carboxylic acids is 1. The van der Waals surface area contributed by atoms with Crippen molar-refractivity contribution in [3.05, 3.63) is 95.7 Å². The van der Waals surface area contributed by atoms with Gasteiger partial charge in [0.05, 0.1) is 11.7 Å². The van der Waals surface area contributed by atoms with Gasteiger partial charge in [-0.05, 0) is 78.2 Å². The fourth-order valence-electron chi connectivity index (χ4n) is 8.63. The van der Waals surface area contributed by atoms with E-state index in [1.807, 2.05) is 19.9 Å². The van der Waals surface area contributed by atoms with E-state index in [4.69, 9.17) is 32.5 Å². The number of carboxylic acid groups (broad SMARTS) is 1. The molecule has 372 valence electrons. The summed E-state index contributed by atoms with van der Waals surface area (Å²) in [6.07, 6.45) is -8.68. The number of aromatic amines is 1. The van der Waals surface area contributed by atoms with Gasteiger partial charge in [-0.15, -0.1) is 11.6 Å². The van der Waals surface area contributed by atoms with Crippen LogP contribution in [0.1, 0.15) is 59.0 Å². The summed E-state index contributed by atoms with van der Waals surface area (Å²) in [6, 6.07) is 19.3. The third kappa shape index (κ3) is 11.3. The number of amides is 6. The van der Waals surface area contributed by atoms with Crippen LogP contribution < -0.4 is 47.7 Å². The van der Waals surface area contributed by atoms with Crippen molar-refractivity contribution >= 4 is 86.0 Å². The number of hydrogen-bond acceptors (Lipinski definition) is 13. The molecule has 6 amide bonds. The predicted octanol–water partition coefficient (Wildman–Crippen LogP) is 2.27. The Morgan fingerprint density at radius 2 is 1.60 bits per heavy atom. The molecule has 0 bridgehead atoms. The molecule has 2 aliphatic heterocycles. The minimum Gasteiger partial charge on any atom is -0.479 e. The largest absolute Gasteiger partial charge is 0.479 e. The molecule has 0 spiro atoms. The number of aromatic nitrogens is 1. The molecule has 1 unspecified atom stereocenters. The van der Waals surface area contributed by atoms with E-state index >= 15 is 0 Å². The van der Waals surface area contributed by atoms with Crippen LogP contribution in [-0.2, 0) is 19.1 Å². The van der Waals surface area contributed by atoms with Gasteiger partial charge in [-0.3, -0.25) is 19.2 Å². The molecule has 2 aliphatic rings. The number of nitrogens with zero attached hydrogens (tertiary/aromatic N) is 1. The molecule has 0 aliphatic carbocycles. The lowest BCUT2D eigenvalue weighted by molar-refractivity contribution is -0.270. The molecule has 1 saturated heterocycles. The summed E-state index contributed by atoms with van der Waals surface area (Å²) in [5.74, 6) is -3.46. The maximum Gasteiger partial charge on any atom is 0.335 e. The third-order valence-corrected chi connectivity index (χ3v) is 12.6. The van der Waals surface area contributed by atoms with Crippen molar-refractivity contribution in [1.82, 2.24) is 20.9 Å². The van der Waals surface area contributed by atoms with E-state index in [0.29, 0.717) is 58.2 Å². The second kappa shape index (κ2) is 22.3. The number of nitrogens with one attached hydrogen (secondary N) is 6. The number of carbonyl (C=O) groups excluding carboxylic acids is 5. The van der Waals surface area contributed by atoms with Gasteiger partial charge in [-0.2, -0.15) is 0 Å². The zero-order valence-electron chi connectivity index (χ0n) is 38.2. The fourth-order valence-corrected chi connectivity index (χ4v) is 8.88. The van der Waals surface area contributed by atoms with Crippen LogP contribution in [0.2, 0.25) is 0 Å². The molecule has 0 saturated carbocycles. The number of primary amides is 1. The minimum atomic E-state index is -1.92. The molecule has 70 heavy (non-hydrogen) atoms. The molecule has 21 nitrogen and oxygen atoms in total. The molecular weight excluding hydrogens is 930 g/mol. The van der Waals surface area contributed by atoms with E-state index in [2.05, 4.69) is 31.6 Å². The van der Waals surface area contributed by atoms with E-state index < -0.39 is 72.5 Å². The number of alkyl halides is 1. The zero-order valence-corrected chi connectivity index (χ0v) is 38.9. The Morgan fingerprint density at radius 1 is 0.886 bits per heavy atom. The van der Waals surface area contributed by atoms with Gasteiger partial charge < -0.3 is 77.8 Å². The number of H-pyrrole nitrogens is 1. The Labute approximate surface area is 406 Å². The number of halogens is 1. The first kappa shape index (κ1) is 51.0. The number of hydrogen-bond donors (Lipinski definition) is 12. The van der Waals surface area contributed by atoms with Crippen molar-refractivity contribution in [1.29, 1.82) is 0 Å². The van der Waals surface area contributed by atoms with E-state index in [1.54, 1.807) is 60.7 Å². The number of carbonyl (C=O) groups is 6. The number of ether oxygens (including phenoxy) is 2. The number of carboxylic acids is 1. The van der Waals surface area contributed by atoms with Gasteiger partial charge in [0.15, 0.2) is 6.10 Å². The third-order valence-electron chi connectivity index (χ3n) is 12.2. The number of benzene rings is 4. The van der Waals surface area contributed by atoms with Crippen LogP contribution in [0.15, 0.2) is 78.9 Å². The number of urea groups is 1. The van der Waals surface area contributed by atoms with E-state index in [0.717, 1.165) is 5.56 Å².